The smallest absolute Gasteiger partial charge is 0.255 e. The molecule has 0 fully saturated rings. The number of hydrogen-bond donors (Lipinski definition) is 2. The zero-order valence-corrected chi connectivity index (χ0v) is 17.0. The first-order valence-corrected chi connectivity index (χ1v) is 11.1. The molecule has 0 saturated carbocycles. The van der Waals surface area contributed by atoms with Gasteiger partial charge in [0.05, 0.1) is 16.1 Å². The molecule has 6 nitrogen and oxygen atoms in total. The largest absolute Gasteiger partial charge is 0.321 e. The van der Waals surface area contributed by atoms with E-state index in [0.29, 0.717) is 11.3 Å². The average Bonchev–Trinajstić information content (AvgIpc) is 3.16. The van der Waals surface area contributed by atoms with Crippen molar-refractivity contribution < 1.29 is 13.2 Å². The highest BCUT2D eigenvalue weighted by molar-refractivity contribution is 7.90. The molecule has 1 amide bonds. The molecule has 0 aliphatic heterocycles. The van der Waals surface area contributed by atoms with Gasteiger partial charge in [-0.1, -0.05) is 42.5 Å². The fraction of sp³-hybridized carbons (Fsp3) is 0.0435. The SMILES string of the molecule is CS(=O)(=O)c1ccc(C(=O)Nc2ccccc2C=Cc2n[nH]c3ccccc23)cc1. The van der Waals surface area contributed by atoms with Crippen LogP contribution in [-0.4, -0.2) is 30.8 Å². The second-order valence-electron chi connectivity index (χ2n) is 6.83. The molecule has 1 aromatic heterocycles. The van der Waals surface area contributed by atoms with Crippen LogP contribution < -0.4 is 5.32 Å². The molecule has 0 bridgehead atoms. The quantitative estimate of drug-likeness (QED) is 0.504. The van der Waals surface area contributed by atoms with Gasteiger partial charge in [-0.2, -0.15) is 5.10 Å². The van der Waals surface area contributed by atoms with Crippen LogP contribution in [0.25, 0.3) is 23.1 Å². The van der Waals surface area contributed by atoms with E-state index in [4.69, 9.17) is 0 Å². The molecule has 0 unspecified atom stereocenters. The monoisotopic (exact) mass is 417 g/mol. The van der Waals surface area contributed by atoms with E-state index in [2.05, 4.69) is 15.5 Å². The highest BCUT2D eigenvalue weighted by Crippen LogP contribution is 2.22. The number of amides is 1. The molecule has 1 heterocycles. The minimum absolute atomic E-state index is 0.175. The predicted molar refractivity (Wildman–Crippen MR) is 119 cm³/mol. The maximum Gasteiger partial charge on any atom is 0.255 e. The molecular formula is C23H19N3O3S. The molecule has 0 saturated heterocycles. The Labute approximate surface area is 174 Å². The van der Waals surface area contributed by atoms with Crippen LogP contribution in [0.5, 0.6) is 0 Å². The van der Waals surface area contributed by atoms with Crippen molar-refractivity contribution in [2.45, 2.75) is 4.90 Å². The lowest BCUT2D eigenvalue weighted by Gasteiger charge is -2.09. The number of aromatic amines is 1. The molecular weight excluding hydrogens is 398 g/mol. The summed E-state index contributed by atoms with van der Waals surface area (Å²) in [5.74, 6) is -0.318. The van der Waals surface area contributed by atoms with E-state index in [9.17, 15) is 13.2 Å². The van der Waals surface area contributed by atoms with Crippen molar-refractivity contribution in [1.29, 1.82) is 0 Å². The van der Waals surface area contributed by atoms with E-state index in [1.165, 1.54) is 24.3 Å². The number of nitrogens with one attached hydrogen (secondary N) is 2. The normalized spacial score (nSPS) is 11.8. The molecule has 0 aliphatic rings. The lowest BCUT2D eigenvalue weighted by atomic mass is 10.1. The van der Waals surface area contributed by atoms with Crippen molar-refractivity contribution in [3.63, 3.8) is 0 Å². The maximum atomic E-state index is 12.6. The Hall–Kier alpha value is -3.71. The lowest BCUT2D eigenvalue weighted by Crippen LogP contribution is -2.13. The Bertz CT molecular complexity index is 1350. The summed E-state index contributed by atoms with van der Waals surface area (Å²) < 4.78 is 23.2. The Morgan fingerprint density at radius 3 is 2.40 bits per heavy atom. The molecule has 30 heavy (non-hydrogen) atoms. The number of H-pyrrole nitrogens is 1. The number of carbonyl (C=O) groups is 1. The van der Waals surface area contributed by atoms with Crippen LogP contribution in [0.2, 0.25) is 0 Å². The number of rotatable bonds is 5. The highest BCUT2D eigenvalue weighted by Gasteiger charge is 2.11. The Morgan fingerprint density at radius 1 is 0.933 bits per heavy atom. The zero-order valence-electron chi connectivity index (χ0n) is 16.2. The lowest BCUT2D eigenvalue weighted by molar-refractivity contribution is 0.102. The first kappa shape index (κ1) is 19.6. The van der Waals surface area contributed by atoms with Gasteiger partial charge >= 0.3 is 0 Å². The van der Waals surface area contributed by atoms with Crippen LogP contribution in [0.4, 0.5) is 5.69 Å². The van der Waals surface area contributed by atoms with Crippen LogP contribution in [0.3, 0.4) is 0 Å². The number of hydrogen-bond acceptors (Lipinski definition) is 4. The Kier molecular flexibility index (Phi) is 5.20. The van der Waals surface area contributed by atoms with Gasteiger partial charge in [0.15, 0.2) is 9.84 Å². The van der Waals surface area contributed by atoms with E-state index in [0.717, 1.165) is 28.4 Å². The van der Waals surface area contributed by atoms with E-state index >= 15 is 0 Å². The van der Waals surface area contributed by atoms with Crippen molar-refractivity contribution in [1.82, 2.24) is 10.2 Å². The summed E-state index contributed by atoms with van der Waals surface area (Å²) in [7, 11) is -3.30. The van der Waals surface area contributed by atoms with Crippen LogP contribution in [0, 0.1) is 0 Å². The highest BCUT2D eigenvalue weighted by atomic mass is 32.2. The van der Waals surface area contributed by atoms with Crippen LogP contribution >= 0.6 is 0 Å². The first-order chi connectivity index (χ1) is 14.4. The van der Waals surface area contributed by atoms with Crippen molar-refractivity contribution in [2.75, 3.05) is 11.6 Å². The van der Waals surface area contributed by atoms with E-state index in [1.807, 2.05) is 60.7 Å². The molecule has 0 radical (unpaired) electrons. The molecule has 7 heteroatoms. The molecule has 4 aromatic rings. The number of carbonyl (C=O) groups excluding carboxylic acids is 1. The molecule has 0 atom stereocenters. The minimum Gasteiger partial charge on any atom is -0.321 e. The molecule has 4 rings (SSSR count). The topological polar surface area (TPSA) is 91.9 Å². The van der Waals surface area contributed by atoms with E-state index in [-0.39, 0.29) is 10.8 Å². The van der Waals surface area contributed by atoms with Crippen LogP contribution in [-0.2, 0) is 9.84 Å². The van der Waals surface area contributed by atoms with Gasteiger partial charge in [0.2, 0.25) is 0 Å². The van der Waals surface area contributed by atoms with E-state index in [1.54, 1.807) is 0 Å². The summed E-state index contributed by atoms with van der Waals surface area (Å²) in [6.45, 7) is 0. The molecule has 0 spiro atoms. The number of sulfone groups is 1. The third kappa shape index (κ3) is 4.16. The number of para-hydroxylation sites is 2. The van der Waals surface area contributed by atoms with Gasteiger partial charge in [0.25, 0.3) is 5.91 Å². The molecule has 0 aliphatic carbocycles. The van der Waals surface area contributed by atoms with E-state index < -0.39 is 9.84 Å². The zero-order chi connectivity index (χ0) is 21.1. The fourth-order valence-corrected chi connectivity index (χ4v) is 3.72. The number of aromatic nitrogens is 2. The first-order valence-electron chi connectivity index (χ1n) is 9.23. The second kappa shape index (κ2) is 7.96. The number of anilines is 1. The van der Waals surface area contributed by atoms with Crippen LogP contribution in [0.1, 0.15) is 21.6 Å². The number of fused-ring (bicyclic) bond motifs is 1. The van der Waals surface area contributed by atoms with Crippen LogP contribution in [0.15, 0.2) is 77.7 Å². The summed E-state index contributed by atoms with van der Waals surface area (Å²) in [5, 5.41) is 11.2. The minimum atomic E-state index is -3.30. The number of benzene rings is 3. The summed E-state index contributed by atoms with van der Waals surface area (Å²) in [5.41, 5.74) is 3.61. The van der Waals surface area contributed by atoms with Gasteiger partial charge in [-0.25, -0.2) is 8.42 Å². The summed E-state index contributed by atoms with van der Waals surface area (Å²) in [6.07, 6.45) is 4.92. The molecule has 150 valence electrons. The van der Waals surface area contributed by atoms with Crippen molar-refractivity contribution in [2.24, 2.45) is 0 Å². The second-order valence-corrected chi connectivity index (χ2v) is 8.84. The predicted octanol–water partition coefficient (Wildman–Crippen LogP) is 4.39. The summed E-state index contributed by atoms with van der Waals surface area (Å²) in [4.78, 5) is 12.8. The van der Waals surface area contributed by atoms with Crippen molar-refractivity contribution >= 4 is 44.5 Å². The van der Waals surface area contributed by atoms with Crippen molar-refractivity contribution in [3.05, 3.63) is 89.6 Å². The standard InChI is InChI=1S/C23H19N3O3S/c1-30(28,29)18-13-10-17(11-14-18)23(27)24-20-8-4-2-6-16(20)12-15-22-19-7-3-5-9-21(19)25-26-22/h2-15H,1H3,(H,24,27)(H,25,26). The summed E-state index contributed by atoms with van der Waals surface area (Å²) in [6, 6.07) is 21.1. The number of nitrogens with zero attached hydrogens (tertiary/aromatic N) is 1. The van der Waals surface area contributed by atoms with Gasteiger partial charge in [-0.3, -0.25) is 9.89 Å². The molecule has 2 N–H and O–H groups in total. The third-order valence-electron chi connectivity index (χ3n) is 4.67. The van der Waals surface area contributed by atoms with Gasteiger partial charge in [0, 0.05) is 22.9 Å². The fourth-order valence-electron chi connectivity index (χ4n) is 3.08. The van der Waals surface area contributed by atoms with Gasteiger partial charge in [0.1, 0.15) is 0 Å². The molecule has 3 aromatic carbocycles. The maximum absolute atomic E-state index is 12.6. The average molecular weight is 417 g/mol. The Morgan fingerprint density at radius 2 is 1.63 bits per heavy atom. The Balaban J connectivity index is 1.57. The van der Waals surface area contributed by atoms with Gasteiger partial charge in [-0.15, -0.1) is 0 Å². The van der Waals surface area contributed by atoms with Gasteiger partial charge in [-0.05, 0) is 48.0 Å². The van der Waals surface area contributed by atoms with Gasteiger partial charge < -0.3 is 5.32 Å². The third-order valence-corrected chi connectivity index (χ3v) is 5.80. The summed E-state index contributed by atoms with van der Waals surface area (Å²) >= 11 is 0. The van der Waals surface area contributed by atoms with Crippen molar-refractivity contribution in [3.8, 4) is 0 Å².